The molecular weight excluding hydrogens is 264 g/mol. The van der Waals surface area contributed by atoms with E-state index in [1.165, 1.54) is 19.3 Å². The molecule has 0 radical (unpaired) electrons. The average molecular weight is 281 g/mol. The van der Waals surface area contributed by atoms with Gasteiger partial charge in [0.15, 0.2) is 11.0 Å². The van der Waals surface area contributed by atoms with Gasteiger partial charge in [-0.05, 0) is 18.9 Å². The van der Waals surface area contributed by atoms with Gasteiger partial charge in [0.05, 0.1) is 6.10 Å². The fourth-order valence-corrected chi connectivity index (χ4v) is 2.27. The molecule has 3 rings (SSSR count). The molecule has 0 aliphatic heterocycles. The number of pyridine rings is 1. The van der Waals surface area contributed by atoms with Gasteiger partial charge in [-0.1, -0.05) is 30.9 Å². The smallest absolute Gasteiger partial charge is 0.159 e. The van der Waals surface area contributed by atoms with Gasteiger partial charge < -0.3 is 10.8 Å². The molecule has 0 unspecified atom stereocenters. The quantitative estimate of drug-likeness (QED) is 0.775. The summed E-state index contributed by atoms with van der Waals surface area (Å²) in [6, 6.07) is 1.75. The first-order valence-electron chi connectivity index (χ1n) is 6.38. The Morgan fingerprint density at radius 2 is 1.89 bits per heavy atom. The van der Waals surface area contributed by atoms with Crippen molar-refractivity contribution in [2.45, 2.75) is 38.2 Å². The van der Waals surface area contributed by atoms with Crippen LogP contribution in [0, 0.1) is 0 Å². The predicted molar refractivity (Wildman–Crippen MR) is 75.8 cm³/mol. The number of aromatic nitrogens is 3. The number of aliphatic hydroxyl groups is 1. The number of nitrogen functional groups attached to an aromatic ring is 1. The second-order valence-corrected chi connectivity index (χ2v) is 4.95. The summed E-state index contributed by atoms with van der Waals surface area (Å²) < 4.78 is 0. The van der Waals surface area contributed by atoms with Gasteiger partial charge in [-0.3, -0.25) is 4.98 Å². The Morgan fingerprint density at radius 3 is 2.47 bits per heavy atom. The van der Waals surface area contributed by atoms with E-state index in [0.29, 0.717) is 11.0 Å². The van der Waals surface area contributed by atoms with E-state index in [-0.39, 0.29) is 6.10 Å². The van der Waals surface area contributed by atoms with Crippen LogP contribution in [0.4, 0.5) is 5.82 Å². The van der Waals surface area contributed by atoms with Crippen molar-refractivity contribution >= 4 is 28.2 Å². The van der Waals surface area contributed by atoms with E-state index in [9.17, 15) is 0 Å². The van der Waals surface area contributed by atoms with Gasteiger partial charge in [-0.25, -0.2) is 0 Å². The van der Waals surface area contributed by atoms with Crippen LogP contribution in [-0.4, -0.2) is 26.4 Å². The summed E-state index contributed by atoms with van der Waals surface area (Å²) in [5, 5.41) is 18.1. The molecule has 1 fully saturated rings. The molecule has 2 aromatic heterocycles. The van der Waals surface area contributed by atoms with Gasteiger partial charge in [0.1, 0.15) is 0 Å². The number of hydrogen-bond donors (Lipinski definition) is 2. The van der Waals surface area contributed by atoms with Crippen molar-refractivity contribution in [2.24, 2.45) is 0 Å². The molecule has 102 valence electrons. The summed E-state index contributed by atoms with van der Waals surface area (Å²) in [5.74, 6) is 0.350. The van der Waals surface area contributed by atoms with Crippen LogP contribution in [0.15, 0.2) is 18.5 Å². The lowest BCUT2D eigenvalue weighted by atomic mass is 9.98. The summed E-state index contributed by atoms with van der Waals surface area (Å²) in [7, 11) is 0. The second-order valence-electron chi connectivity index (χ2n) is 4.59. The zero-order chi connectivity index (χ0) is 13.7. The van der Waals surface area contributed by atoms with Gasteiger partial charge in [-0.15, -0.1) is 10.2 Å². The molecule has 19 heavy (non-hydrogen) atoms. The molecule has 0 atom stereocenters. The number of fused-ring (bicyclic) bond motifs is 1. The molecule has 1 aliphatic carbocycles. The van der Waals surface area contributed by atoms with Crippen molar-refractivity contribution in [1.29, 1.82) is 0 Å². The Morgan fingerprint density at radius 1 is 1.16 bits per heavy atom. The molecule has 0 amide bonds. The van der Waals surface area contributed by atoms with E-state index < -0.39 is 0 Å². The van der Waals surface area contributed by atoms with E-state index in [2.05, 4.69) is 15.2 Å². The van der Waals surface area contributed by atoms with Crippen molar-refractivity contribution in [3.05, 3.63) is 23.6 Å². The lowest BCUT2D eigenvalue weighted by Gasteiger charge is -2.14. The Kier molecular flexibility index (Phi) is 4.87. The number of nitrogens with zero attached hydrogens (tertiary/aromatic N) is 3. The molecule has 1 saturated carbocycles. The van der Waals surface area contributed by atoms with E-state index in [4.69, 9.17) is 22.4 Å². The molecular formula is C13H17ClN4O. The standard InChI is InChI=1S/C7H5ClN4.C6H12O/c8-6-4-1-2-10-3-5(4)7(9)12-11-6;7-6-4-2-1-3-5-6/h1-3H,(H2,9,12);6-7H,1-5H2. The maximum Gasteiger partial charge on any atom is 0.159 e. The number of anilines is 1. The largest absolute Gasteiger partial charge is 0.393 e. The minimum atomic E-state index is 0.0359. The molecule has 2 aromatic rings. The summed E-state index contributed by atoms with van der Waals surface area (Å²) in [4.78, 5) is 3.91. The van der Waals surface area contributed by atoms with Crippen LogP contribution >= 0.6 is 11.6 Å². The lowest BCUT2D eigenvalue weighted by molar-refractivity contribution is 0.130. The minimum absolute atomic E-state index is 0.0359. The zero-order valence-corrected chi connectivity index (χ0v) is 11.3. The molecule has 2 heterocycles. The molecule has 0 saturated heterocycles. The molecule has 0 bridgehead atoms. The highest BCUT2D eigenvalue weighted by atomic mass is 35.5. The van der Waals surface area contributed by atoms with Crippen LogP contribution in [-0.2, 0) is 0 Å². The third-order valence-corrected chi connectivity index (χ3v) is 3.42. The number of nitrogens with two attached hydrogens (primary N) is 1. The Hall–Kier alpha value is -1.46. The van der Waals surface area contributed by atoms with Gasteiger partial charge >= 0.3 is 0 Å². The highest BCUT2D eigenvalue weighted by molar-refractivity contribution is 6.34. The number of hydrogen-bond acceptors (Lipinski definition) is 5. The molecule has 5 nitrogen and oxygen atoms in total. The summed E-state index contributed by atoms with van der Waals surface area (Å²) >= 11 is 5.77. The lowest BCUT2D eigenvalue weighted by Crippen LogP contribution is -2.09. The van der Waals surface area contributed by atoms with Crippen LogP contribution in [0.5, 0.6) is 0 Å². The normalized spacial score (nSPS) is 15.9. The topological polar surface area (TPSA) is 84.9 Å². The van der Waals surface area contributed by atoms with Crippen LogP contribution < -0.4 is 5.73 Å². The van der Waals surface area contributed by atoms with Crippen molar-refractivity contribution < 1.29 is 5.11 Å². The Bertz CT molecular complexity index is 503. The first-order chi connectivity index (χ1) is 9.18. The SMILES string of the molecule is Nc1nnc(Cl)c2ccncc12.OC1CCCCC1. The number of aliphatic hydroxyl groups excluding tert-OH is 1. The molecule has 1 aliphatic rings. The summed E-state index contributed by atoms with van der Waals surface area (Å²) in [6.45, 7) is 0. The van der Waals surface area contributed by atoms with Crippen LogP contribution in [0.1, 0.15) is 32.1 Å². The van der Waals surface area contributed by atoms with Gasteiger partial charge in [0.2, 0.25) is 0 Å². The minimum Gasteiger partial charge on any atom is -0.393 e. The number of rotatable bonds is 0. The van der Waals surface area contributed by atoms with Crippen LogP contribution in [0.25, 0.3) is 10.8 Å². The molecule has 0 spiro atoms. The van der Waals surface area contributed by atoms with E-state index in [1.807, 2.05) is 0 Å². The average Bonchev–Trinajstić information content (AvgIpc) is 2.45. The van der Waals surface area contributed by atoms with E-state index in [0.717, 1.165) is 23.6 Å². The highest BCUT2D eigenvalue weighted by Crippen LogP contribution is 2.22. The maximum absolute atomic E-state index is 8.91. The van der Waals surface area contributed by atoms with Crippen LogP contribution in [0.2, 0.25) is 5.15 Å². The summed E-state index contributed by atoms with van der Waals surface area (Å²) in [6.07, 6.45) is 9.17. The van der Waals surface area contributed by atoms with Gasteiger partial charge in [0, 0.05) is 23.2 Å². The third-order valence-electron chi connectivity index (χ3n) is 3.14. The van der Waals surface area contributed by atoms with Crippen molar-refractivity contribution in [1.82, 2.24) is 15.2 Å². The monoisotopic (exact) mass is 280 g/mol. The molecule has 6 heteroatoms. The van der Waals surface area contributed by atoms with Gasteiger partial charge in [-0.2, -0.15) is 0 Å². The fraction of sp³-hybridized carbons (Fsp3) is 0.462. The predicted octanol–water partition coefficient (Wildman–Crippen LogP) is 2.57. The Balaban J connectivity index is 0.000000163. The van der Waals surface area contributed by atoms with Crippen molar-refractivity contribution in [2.75, 3.05) is 5.73 Å². The van der Waals surface area contributed by atoms with E-state index >= 15 is 0 Å². The first-order valence-corrected chi connectivity index (χ1v) is 6.75. The van der Waals surface area contributed by atoms with Crippen LogP contribution in [0.3, 0.4) is 0 Å². The fourth-order valence-electron chi connectivity index (χ4n) is 2.07. The highest BCUT2D eigenvalue weighted by Gasteiger charge is 2.07. The zero-order valence-electron chi connectivity index (χ0n) is 10.6. The Labute approximate surface area is 116 Å². The second kappa shape index (κ2) is 6.63. The van der Waals surface area contributed by atoms with Crippen molar-refractivity contribution in [3.8, 4) is 0 Å². The van der Waals surface area contributed by atoms with Crippen molar-refractivity contribution in [3.63, 3.8) is 0 Å². The first kappa shape index (κ1) is 14.0. The maximum atomic E-state index is 8.91. The van der Waals surface area contributed by atoms with Gasteiger partial charge in [0.25, 0.3) is 0 Å². The molecule has 3 N–H and O–H groups in total. The third kappa shape index (κ3) is 3.75. The summed E-state index contributed by atoms with van der Waals surface area (Å²) in [5.41, 5.74) is 5.55. The van der Waals surface area contributed by atoms with E-state index in [1.54, 1.807) is 18.5 Å². The molecule has 0 aromatic carbocycles. The number of halogens is 1.